The van der Waals surface area contributed by atoms with Crippen molar-refractivity contribution >= 4 is 38.9 Å². The molecule has 0 bridgehead atoms. The lowest BCUT2D eigenvalue weighted by molar-refractivity contribution is 0.101. The Morgan fingerprint density at radius 3 is 2.10 bits per heavy atom. The molecular weight excluding hydrogens is 414 g/mol. The first-order chi connectivity index (χ1) is 14.8. The minimum absolute atomic E-state index is 0.238. The van der Waals surface area contributed by atoms with Crippen LogP contribution in [-0.2, 0) is 16.4 Å². The molecule has 4 rings (SSSR count). The largest absolute Gasteiger partial charge is 0.322 e. The lowest BCUT2D eigenvalue weighted by Crippen LogP contribution is -2.27. The lowest BCUT2D eigenvalue weighted by atomic mass is 10.1. The van der Waals surface area contributed by atoms with Gasteiger partial charge < -0.3 is 10.6 Å². The standard InChI is InChI=1S/C23H21N3O4S/c1-31(29,30)26-13-12-17-14-18(10-11-21(17)26)23(28)25-20-9-5-8-19(15-20)24-22(27)16-6-3-2-4-7-16/h2-11,14-15H,12-13H2,1H3,(H,24,27)(H,25,28). The van der Waals surface area contributed by atoms with Crippen LogP contribution in [0.15, 0.2) is 72.8 Å². The van der Waals surface area contributed by atoms with Gasteiger partial charge in [-0.15, -0.1) is 0 Å². The third kappa shape index (κ3) is 4.59. The highest BCUT2D eigenvalue weighted by Crippen LogP contribution is 2.31. The molecule has 3 aromatic rings. The minimum Gasteiger partial charge on any atom is -0.322 e. The number of amides is 2. The first-order valence-corrected chi connectivity index (χ1v) is 11.5. The molecule has 0 unspecified atom stereocenters. The monoisotopic (exact) mass is 435 g/mol. The van der Waals surface area contributed by atoms with Crippen molar-refractivity contribution in [2.75, 3.05) is 27.7 Å². The molecule has 2 amide bonds. The minimum atomic E-state index is -3.33. The summed E-state index contributed by atoms with van der Waals surface area (Å²) in [4.78, 5) is 25.0. The van der Waals surface area contributed by atoms with Crippen LogP contribution in [0.4, 0.5) is 17.1 Å². The van der Waals surface area contributed by atoms with Gasteiger partial charge in [0.15, 0.2) is 0 Å². The Balaban J connectivity index is 1.47. The van der Waals surface area contributed by atoms with Gasteiger partial charge >= 0.3 is 0 Å². The van der Waals surface area contributed by atoms with Gasteiger partial charge in [0.25, 0.3) is 11.8 Å². The van der Waals surface area contributed by atoms with Gasteiger partial charge in [-0.25, -0.2) is 8.42 Å². The Labute approximate surface area is 180 Å². The van der Waals surface area contributed by atoms with Crippen LogP contribution >= 0.6 is 0 Å². The van der Waals surface area contributed by atoms with Gasteiger partial charge in [-0.3, -0.25) is 13.9 Å². The number of fused-ring (bicyclic) bond motifs is 1. The summed E-state index contributed by atoms with van der Waals surface area (Å²) < 4.78 is 25.1. The number of nitrogens with one attached hydrogen (secondary N) is 2. The Bertz CT molecular complexity index is 1260. The van der Waals surface area contributed by atoms with E-state index in [-0.39, 0.29) is 11.8 Å². The molecule has 3 aromatic carbocycles. The number of carbonyl (C=O) groups excluding carboxylic acids is 2. The topological polar surface area (TPSA) is 95.6 Å². The van der Waals surface area contributed by atoms with Crippen molar-refractivity contribution in [2.24, 2.45) is 0 Å². The summed E-state index contributed by atoms with van der Waals surface area (Å²) in [5.41, 5.74) is 3.51. The van der Waals surface area contributed by atoms with Crippen LogP contribution in [0.25, 0.3) is 0 Å². The predicted octanol–water partition coefficient (Wildman–Crippen LogP) is 3.51. The van der Waals surface area contributed by atoms with Crippen molar-refractivity contribution in [1.29, 1.82) is 0 Å². The number of nitrogens with zero attached hydrogens (tertiary/aromatic N) is 1. The smallest absolute Gasteiger partial charge is 0.255 e. The Hall–Kier alpha value is -3.65. The summed E-state index contributed by atoms with van der Waals surface area (Å²) in [6.07, 6.45) is 1.73. The number of hydrogen-bond acceptors (Lipinski definition) is 4. The average molecular weight is 436 g/mol. The van der Waals surface area contributed by atoms with Crippen LogP contribution in [0.5, 0.6) is 0 Å². The molecule has 0 spiro atoms. The molecule has 31 heavy (non-hydrogen) atoms. The fourth-order valence-electron chi connectivity index (χ4n) is 3.53. The van der Waals surface area contributed by atoms with Crippen molar-refractivity contribution in [1.82, 2.24) is 0 Å². The summed E-state index contributed by atoms with van der Waals surface area (Å²) >= 11 is 0. The van der Waals surface area contributed by atoms with Crippen LogP contribution in [0.2, 0.25) is 0 Å². The fraction of sp³-hybridized carbons (Fsp3) is 0.130. The molecule has 1 heterocycles. The third-order valence-corrected chi connectivity index (χ3v) is 6.19. The summed E-state index contributed by atoms with van der Waals surface area (Å²) in [7, 11) is -3.33. The summed E-state index contributed by atoms with van der Waals surface area (Å²) in [6, 6.07) is 20.7. The summed E-state index contributed by atoms with van der Waals surface area (Å²) in [5, 5.41) is 5.63. The van der Waals surface area contributed by atoms with Crippen LogP contribution in [0.3, 0.4) is 0 Å². The molecule has 158 valence electrons. The van der Waals surface area contributed by atoms with Crippen molar-refractivity contribution in [3.63, 3.8) is 0 Å². The Morgan fingerprint density at radius 2 is 1.45 bits per heavy atom. The summed E-state index contributed by atoms with van der Waals surface area (Å²) in [5.74, 6) is -0.551. The molecule has 0 atom stereocenters. The molecule has 0 saturated heterocycles. The highest BCUT2D eigenvalue weighted by Gasteiger charge is 2.26. The van der Waals surface area contributed by atoms with E-state index in [2.05, 4.69) is 10.6 Å². The van der Waals surface area contributed by atoms with E-state index in [0.717, 1.165) is 5.56 Å². The first kappa shape index (κ1) is 20.6. The molecule has 8 heteroatoms. The maximum Gasteiger partial charge on any atom is 0.255 e. The second kappa shape index (κ2) is 8.23. The molecule has 2 N–H and O–H groups in total. The van der Waals surface area contributed by atoms with Crippen molar-refractivity contribution in [3.8, 4) is 0 Å². The van der Waals surface area contributed by atoms with Gasteiger partial charge in [0, 0.05) is 29.0 Å². The van der Waals surface area contributed by atoms with Crippen molar-refractivity contribution < 1.29 is 18.0 Å². The normalized spacial score (nSPS) is 12.9. The second-order valence-corrected chi connectivity index (χ2v) is 9.19. The zero-order chi connectivity index (χ0) is 22.0. The highest BCUT2D eigenvalue weighted by molar-refractivity contribution is 7.92. The van der Waals surface area contributed by atoms with E-state index >= 15 is 0 Å². The van der Waals surface area contributed by atoms with E-state index in [1.807, 2.05) is 6.07 Å². The highest BCUT2D eigenvalue weighted by atomic mass is 32.2. The van der Waals surface area contributed by atoms with E-state index in [0.29, 0.717) is 41.2 Å². The molecule has 1 aliphatic rings. The molecule has 1 aliphatic heterocycles. The molecule has 0 fully saturated rings. The second-order valence-electron chi connectivity index (χ2n) is 7.28. The molecule has 7 nitrogen and oxygen atoms in total. The number of rotatable bonds is 5. The predicted molar refractivity (Wildman–Crippen MR) is 121 cm³/mol. The van der Waals surface area contributed by atoms with E-state index in [1.165, 1.54) is 10.6 Å². The van der Waals surface area contributed by atoms with Gasteiger partial charge in [0.2, 0.25) is 10.0 Å². The quantitative estimate of drug-likeness (QED) is 0.641. The van der Waals surface area contributed by atoms with Crippen molar-refractivity contribution in [3.05, 3.63) is 89.5 Å². The number of anilines is 3. The van der Waals surface area contributed by atoms with Gasteiger partial charge in [-0.05, 0) is 60.5 Å². The molecule has 0 radical (unpaired) electrons. The van der Waals surface area contributed by atoms with E-state index < -0.39 is 10.0 Å². The zero-order valence-corrected chi connectivity index (χ0v) is 17.6. The first-order valence-electron chi connectivity index (χ1n) is 9.70. The van der Waals surface area contributed by atoms with Gasteiger partial charge in [0.05, 0.1) is 11.9 Å². The Morgan fingerprint density at radius 1 is 0.806 bits per heavy atom. The maximum atomic E-state index is 12.7. The van der Waals surface area contributed by atoms with E-state index in [1.54, 1.807) is 66.7 Å². The van der Waals surface area contributed by atoms with Crippen LogP contribution in [0, 0.1) is 0 Å². The molecule has 0 aromatic heterocycles. The van der Waals surface area contributed by atoms with E-state index in [9.17, 15) is 18.0 Å². The van der Waals surface area contributed by atoms with Gasteiger partial charge in [-0.2, -0.15) is 0 Å². The average Bonchev–Trinajstić information content (AvgIpc) is 3.18. The van der Waals surface area contributed by atoms with E-state index in [4.69, 9.17) is 0 Å². The fourth-order valence-corrected chi connectivity index (χ4v) is 4.49. The molecular formula is C23H21N3O4S. The number of benzene rings is 3. The van der Waals surface area contributed by atoms with Crippen LogP contribution in [0.1, 0.15) is 26.3 Å². The van der Waals surface area contributed by atoms with Crippen LogP contribution < -0.4 is 14.9 Å². The van der Waals surface area contributed by atoms with Crippen LogP contribution in [-0.4, -0.2) is 33.0 Å². The Kier molecular flexibility index (Phi) is 5.48. The lowest BCUT2D eigenvalue weighted by Gasteiger charge is -2.16. The number of carbonyl (C=O) groups is 2. The van der Waals surface area contributed by atoms with Gasteiger partial charge in [-0.1, -0.05) is 24.3 Å². The van der Waals surface area contributed by atoms with Gasteiger partial charge in [0.1, 0.15) is 0 Å². The zero-order valence-electron chi connectivity index (χ0n) is 16.8. The molecule has 0 aliphatic carbocycles. The SMILES string of the molecule is CS(=O)(=O)N1CCc2cc(C(=O)Nc3cccc(NC(=O)c4ccccc4)c3)ccc21. The third-order valence-electron chi connectivity index (χ3n) is 5.01. The van der Waals surface area contributed by atoms with Crippen molar-refractivity contribution in [2.45, 2.75) is 6.42 Å². The summed E-state index contributed by atoms with van der Waals surface area (Å²) in [6.45, 7) is 0.377. The number of sulfonamides is 1. The maximum absolute atomic E-state index is 12.7. The number of hydrogen-bond donors (Lipinski definition) is 2. The molecule has 0 saturated carbocycles.